The van der Waals surface area contributed by atoms with Crippen LogP contribution in [0.4, 0.5) is 11.4 Å². The van der Waals surface area contributed by atoms with Crippen molar-refractivity contribution in [3.8, 4) is 5.75 Å². The number of ether oxygens (including phenoxy) is 2. The molecular formula is C20H17N3O7. The lowest BCUT2D eigenvalue weighted by Gasteiger charge is -2.11. The van der Waals surface area contributed by atoms with Gasteiger partial charge in [0.2, 0.25) is 0 Å². The summed E-state index contributed by atoms with van der Waals surface area (Å²) >= 11 is 0. The number of hydrogen-bond donors (Lipinski definition) is 2. The van der Waals surface area contributed by atoms with Crippen molar-refractivity contribution in [1.29, 1.82) is 0 Å². The third-order valence-corrected chi connectivity index (χ3v) is 4.29. The van der Waals surface area contributed by atoms with Gasteiger partial charge < -0.3 is 19.8 Å². The van der Waals surface area contributed by atoms with Gasteiger partial charge in [0.25, 0.3) is 5.91 Å². The van der Waals surface area contributed by atoms with Crippen molar-refractivity contribution in [2.75, 3.05) is 19.0 Å². The largest absolute Gasteiger partial charge is 0.490 e. The monoisotopic (exact) mass is 411 g/mol. The summed E-state index contributed by atoms with van der Waals surface area (Å²) in [5.74, 6) is -1.55. The average Bonchev–Trinajstić information content (AvgIpc) is 2.73. The van der Waals surface area contributed by atoms with E-state index in [2.05, 4.69) is 10.3 Å². The van der Waals surface area contributed by atoms with Gasteiger partial charge in [-0.3, -0.25) is 19.7 Å². The molecule has 30 heavy (non-hydrogen) atoms. The van der Waals surface area contributed by atoms with Gasteiger partial charge in [0.15, 0.2) is 17.8 Å². The number of esters is 1. The number of benzene rings is 2. The Morgan fingerprint density at radius 2 is 1.93 bits per heavy atom. The fraction of sp³-hybridized carbons (Fsp3) is 0.150. The smallest absolute Gasteiger partial charge is 0.355 e. The first-order chi connectivity index (χ1) is 14.3. The van der Waals surface area contributed by atoms with Gasteiger partial charge in [-0.2, -0.15) is 0 Å². The fourth-order valence-electron chi connectivity index (χ4n) is 2.82. The number of aryl methyl sites for hydroxylation is 1. The van der Waals surface area contributed by atoms with Crippen LogP contribution < -0.4 is 15.5 Å². The molecule has 3 aromatic rings. The Labute approximate surface area is 169 Å². The molecule has 0 aliphatic carbocycles. The van der Waals surface area contributed by atoms with Crippen LogP contribution in [-0.2, 0) is 9.53 Å². The molecule has 0 unspecified atom stereocenters. The van der Waals surface area contributed by atoms with Crippen LogP contribution in [0.3, 0.4) is 0 Å². The van der Waals surface area contributed by atoms with Gasteiger partial charge in [0.1, 0.15) is 5.69 Å². The van der Waals surface area contributed by atoms with Crippen molar-refractivity contribution in [2.45, 2.75) is 6.92 Å². The van der Waals surface area contributed by atoms with E-state index in [9.17, 15) is 24.5 Å². The molecule has 0 aliphatic rings. The molecule has 2 N–H and O–H groups in total. The zero-order chi connectivity index (χ0) is 21.8. The molecular weight excluding hydrogens is 394 g/mol. The molecule has 1 heterocycles. The first-order valence-corrected chi connectivity index (χ1v) is 8.72. The number of nitrogens with one attached hydrogen (secondary N) is 2. The number of anilines is 1. The van der Waals surface area contributed by atoms with Crippen LogP contribution in [0.2, 0.25) is 0 Å². The number of rotatable bonds is 6. The number of para-hydroxylation sites is 1. The second-order valence-electron chi connectivity index (χ2n) is 6.31. The molecule has 1 aromatic heterocycles. The first kappa shape index (κ1) is 20.5. The molecule has 0 spiro atoms. The zero-order valence-electron chi connectivity index (χ0n) is 16.1. The standard InChI is InChI=1S/C20H17N3O7/c1-11-7-16(23(27)28)18(29-2)9-14(11)22-19(25)10-30-20(26)15-8-17(24)12-5-3-4-6-13(12)21-15/h3-9H,10H2,1-2H3,(H,21,24)(H,22,25). The van der Waals surface area contributed by atoms with E-state index in [0.717, 1.165) is 6.07 Å². The van der Waals surface area contributed by atoms with Gasteiger partial charge >= 0.3 is 11.7 Å². The topological polar surface area (TPSA) is 141 Å². The molecule has 0 aliphatic heterocycles. The number of fused-ring (bicyclic) bond motifs is 1. The van der Waals surface area contributed by atoms with E-state index in [4.69, 9.17) is 9.47 Å². The van der Waals surface area contributed by atoms with Crippen LogP contribution in [0.15, 0.2) is 47.3 Å². The van der Waals surface area contributed by atoms with Gasteiger partial charge in [-0.25, -0.2) is 4.79 Å². The van der Waals surface area contributed by atoms with Crippen LogP contribution in [0.25, 0.3) is 10.9 Å². The second-order valence-corrected chi connectivity index (χ2v) is 6.31. The van der Waals surface area contributed by atoms with E-state index in [1.165, 1.54) is 19.2 Å². The number of aromatic amines is 1. The van der Waals surface area contributed by atoms with E-state index in [1.54, 1.807) is 31.2 Å². The summed E-state index contributed by atoms with van der Waals surface area (Å²) in [5, 5.41) is 14.0. The summed E-state index contributed by atoms with van der Waals surface area (Å²) in [6.45, 7) is 0.959. The number of nitro groups is 1. The van der Waals surface area contributed by atoms with Crippen molar-refractivity contribution in [2.24, 2.45) is 0 Å². The number of nitrogens with zero attached hydrogens (tertiary/aromatic N) is 1. The molecule has 0 saturated heterocycles. The molecule has 10 heteroatoms. The predicted molar refractivity (Wildman–Crippen MR) is 108 cm³/mol. The average molecular weight is 411 g/mol. The van der Waals surface area contributed by atoms with Crippen molar-refractivity contribution in [3.05, 3.63) is 74.1 Å². The van der Waals surface area contributed by atoms with E-state index in [-0.39, 0.29) is 28.2 Å². The number of amides is 1. The lowest BCUT2D eigenvalue weighted by atomic mass is 10.1. The van der Waals surface area contributed by atoms with E-state index in [1.807, 2.05) is 0 Å². The highest BCUT2D eigenvalue weighted by atomic mass is 16.6. The van der Waals surface area contributed by atoms with Crippen molar-refractivity contribution >= 4 is 34.2 Å². The number of pyridine rings is 1. The molecule has 3 rings (SSSR count). The van der Waals surface area contributed by atoms with Crippen LogP contribution >= 0.6 is 0 Å². The summed E-state index contributed by atoms with van der Waals surface area (Å²) < 4.78 is 9.94. The minimum atomic E-state index is -0.869. The Bertz CT molecular complexity index is 1220. The number of hydrogen-bond acceptors (Lipinski definition) is 7. The van der Waals surface area contributed by atoms with Crippen molar-refractivity contribution in [1.82, 2.24) is 4.98 Å². The Morgan fingerprint density at radius 3 is 2.63 bits per heavy atom. The highest BCUT2D eigenvalue weighted by Gasteiger charge is 2.19. The highest BCUT2D eigenvalue weighted by Crippen LogP contribution is 2.32. The second kappa shape index (κ2) is 8.43. The highest BCUT2D eigenvalue weighted by molar-refractivity contribution is 5.96. The summed E-state index contributed by atoms with van der Waals surface area (Å²) in [5.41, 5.74) is 0.502. The van der Waals surface area contributed by atoms with Gasteiger partial charge in [0, 0.05) is 34.8 Å². The third-order valence-electron chi connectivity index (χ3n) is 4.29. The molecule has 0 fully saturated rings. The number of H-pyrrole nitrogens is 1. The van der Waals surface area contributed by atoms with E-state index < -0.39 is 23.4 Å². The maximum absolute atomic E-state index is 12.2. The maximum Gasteiger partial charge on any atom is 0.355 e. The Hall–Kier alpha value is -4.21. The molecule has 10 nitrogen and oxygen atoms in total. The zero-order valence-corrected chi connectivity index (χ0v) is 16.1. The number of carbonyl (C=O) groups excluding carboxylic acids is 2. The normalized spacial score (nSPS) is 10.5. The number of methoxy groups -OCH3 is 1. The summed E-state index contributed by atoms with van der Waals surface area (Å²) in [4.78, 5) is 49.7. The van der Waals surface area contributed by atoms with Gasteiger partial charge in [-0.1, -0.05) is 12.1 Å². The number of aromatic nitrogens is 1. The molecule has 154 valence electrons. The molecule has 0 radical (unpaired) electrons. The quantitative estimate of drug-likeness (QED) is 0.361. The third kappa shape index (κ3) is 4.27. The van der Waals surface area contributed by atoms with Gasteiger partial charge in [-0.05, 0) is 24.6 Å². The Kier molecular flexibility index (Phi) is 5.77. The van der Waals surface area contributed by atoms with Crippen molar-refractivity contribution in [3.63, 3.8) is 0 Å². The summed E-state index contributed by atoms with van der Waals surface area (Å²) in [7, 11) is 1.27. The van der Waals surface area contributed by atoms with E-state index in [0.29, 0.717) is 16.5 Å². The van der Waals surface area contributed by atoms with Crippen LogP contribution in [0, 0.1) is 17.0 Å². The predicted octanol–water partition coefficient (Wildman–Crippen LogP) is 2.55. The molecule has 2 aromatic carbocycles. The minimum absolute atomic E-state index is 0.0216. The molecule has 0 bridgehead atoms. The van der Waals surface area contributed by atoms with Gasteiger partial charge in [-0.15, -0.1) is 0 Å². The summed E-state index contributed by atoms with van der Waals surface area (Å²) in [6, 6.07) is 10.4. The van der Waals surface area contributed by atoms with Crippen molar-refractivity contribution < 1.29 is 24.0 Å². The maximum atomic E-state index is 12.2. The Balaban J connectivity index is 1.70. The Morgan fingerprint density at radius 1 is 1.20 bits per heavy atom. The molecule has 0 atom stereocenters. The molecule has 1 amide bonds. The lowest BCUT2D eigenvalue weighted by Crippen LogP contribution is -2.22. The number of nitro benzene ring substituents is 1. The van der Waals surface area contributed by atoms with E-state index >= 15 is 0 Å². The first-order valence-electron chi connectivity index (χ1n) is 8.72. The van der Waals surface area contributed by atoms with Gasteiger partial charge in [0.05, 0.1) is 12.0 Å². The lowest BCUT2D eigenvalue weighted by molar-refractivity contribution is -0.385. The number of carbonyl (C=O) groups is 2. The summed E-state index contributed by atoms with van der Waals surface area (Å²) in [6.07, 6.45) is 0. The van der Waals surface area contributed by atoms with Crippen LogP contribution in [0.5, 0.6) is 5.75 Å². The fourth-order valence-corrected chi connectivity index (χ4v) is 2.82. The SMILES string of the molecule is COc1cc(NC(=O)COC(=O)c2cc(=O)c3ccccc3[nH]2)c(C)cc1[N+](=O)[O-]. The van der Waals surface area contributed by atoms with Crippen LogP contribution in [-0.4, -0.2) is 35.5 Å². The molecule has 0 saturated carbocycles. The minimum Gasteiger partial charge on any atom is -0.490 e. The van der Waals surface area contributed by atoms with Crippen LogP contribution in [0.1, 0.15) is 16.1 Å².